The van der Waals surface area contributed by atoms with Crippen LogP contribution in [0.3, 0.4) is 0 Å². The number of nitrogens with zero attached hydrogens (tertiary/aromatic N) is 1. The highest BCUT2D eigenvalue weighted by atomic mass is 32.1. The summed E-state index contributed by atoms with van der Waals surface area (Å²) in [5.41, 5.74) is 7.59. The minimum Gasteiger partial charge on any atom is -0.389 e. The van der Waals surface area contributed by atoms with Gasteiger partial charge in [0, 0.05) is 23.6 Å². The number of pyridine rings is 1. The minimum atomic E-state index is -0.137. The summed E-state index contributed by atoms with van der Waals surface area (Å²) in [6.07, 6.45) is 1.69. The maximum atomic E-state index is 11.7. The van der Waals surface area contributed by atoms with Crippen LogP contribution in [0.2, 0.25) is 0 Å². The van der Waals surface area contributed by atoms with Crippen LogP contribution in [-0.2, 0) is 0 Å². The highest BCUT2D eigenvalue weighted by Gasteiger charge is 2.07. The number of nitrogens with two attached hydrogens (primary N) is 1. The second-order valence-electron chi connectivity index (χ2n) is 3.76. The molecule has 1 aromatic carbocycles. The van der Waals surface area contributed by atoms with E-state index in [2.05, 4.69) is 0 Å². The number of hydrogen-bond acceptors (Lipinski definition) is 2. The van der Waals surface area contributed by atoms with Crippen molar-refractivity contribution in [2.45, 2.75) is 6.92 Å². The fraction of sp³-hybridized carbons (Fsp3) is 0.0769. The topological polar surface area (TPSA) is 48.0 Å². The molecule has 17 heavy (non-hydrogen) atoms. The first-order valence-electron chi connectivity index (χ1n) is 5.18. The summed E-state index contributed by atoms with van der Waals surface area (Å²) in [5.74, 6) is 0. The molecule has 0 aliphatic rings. The predicted octanol–water partition coefficient (Wildman–Crippen LogP) is 1.78. The fourth-order valence-electron chi connectivity index (χ4n) is 1.68. The summed E-state index contributed by atoms with van der Waals surface area (Å²) >= 11 is 4.87. The van der Waals surface area contributed by atoms with Crippen LogP contribution >= 0.6 is 12.2 Å². The third-order valence-corrected chi connectivity index (χ3v) is 2.76. The molecular formula is C13H12N2OS. The van der Waals surface area contributed by atoms with E-state index in [1.807, 2.05) is 41.8 Å². The number of aryl methyl sites for hydroxylation is 1. The van der Waals surface area contributed by atoms with Crippen LogP contribution in [0, 0.1) is 6.92 Å². The molecule has 0 aliphatic carbocycles. The molecule has 2 aromatic rings. The summed E-state index contributed by atoms with van der Waals surface area (Å²) in [6.45, 7) is 1.87. The van der Waals surface area contributed by atoms with Gasteiger partial charge in [-0.2, -0.15) is 0 Å². The number of aromatic nitrogens is 1. The Morgan fingerprint density at radius 3 is 2.53 bits per heavy atom. The standard InChI is InChI=1S/C13H12N2OS/c1-9-7-12(16)11(13(14)17)8-15(9)10-5-3-2-4-6-10/h2-8H,1H3,(H2,14,17). The normalized spacial score (nSPS) is 10.2. The quantitative estimate of drug-likeness (QED) is 0.819. The van der Waals surface area contributed by atoms with Gasteiger partial charge >= 0.3 is 0 Å². The molecule has 0 radical (unpaired) electrons. The first kappa shape index (κ1) is 11.5. The zero-order valence-electron chi connectivity index (χ0n) is 9.38. The molecule has 0 fully saturated rings. The van der Waals surface area contributed by atoms with E-state index in [4.69, 9.17) is 18.0 Å². The average Bonchev–Trinajstić information content (AvgIpc) is 2.29. The molecule has 0 amide bonds. The van der Waals surface area contributed by atoms with Crippen molar-refractivity contribution in [1.82, 2.24) is 4.57 Å². The van der Waals surface area contributed by atoms with Crippen molar-refractivity contribution in [1.29, 1.82) is 0 Å². The number of para-hydroxylation sites is 1. The van der Waals surface area contributed by atoms with Crippen molar-refractivity contribution < 1.29 is 0 Å². The van der Waals surface area contributed by atoms with Crippen LogP contribution in [-0.4, -0.2) is 9.56 Å². The lowest BCUT2D eigenvalue weighted by molar-refractivity contribution is 0.970. The molecule has 0 bridgehead atoms. The van der Waals surface area contributed by atoms with Crippen molar-refractivity contribution >= 4 is 17.2 Å². The van der Waals surface area contributed by atoms with Gasteiger partial charge in [0.2, 0.25) is 0 Å². The molecule has 2 rings (SSSR count). The second kappa shape index (κ2) is 4.51. The van der Waals surface area contributed by atoms with Gasteiger partial charge in [-0.05, 0) is 19.1 Å². The van der Waals surface area contributed by atoms with Crippen molar-refractivity contribution in [3.05, 3.63) is 64.1 Å². The monoisotopic (exact) mass is 244 g/mol. The average molecular weight is 244 g/mol. The molecule has 86 valence electrons. The molecule has 2 N–H and O–H groups in total. The molecular weight excluding hydrogens is 232 g/mol. The van der Waals surface area contributed by atoms with Crippen LogP contribution in [0.25, 0.3) is 5.69 Å². The second-order valence-corrected chi connectivity index (χ2v) is 4.20. The molecule has 0 saturated heterocycles. The molecule has 0 aliphatic heterocycles. The molecule has 0 atom stereocenters. The van der Waals surface area contributed by atoms with Gasteiger partial charge in [0.15, 0.2) is 5.43 Å². The molecule has 1 aromatic heterocycles. The van der Waals surface area contributed by atoms with E-state index in [0.29, 0.717) is 5.56 Å². The Morgan fingerprint density at radius 2 is 1.94 bits per heavy atom. The summed E-state index contributed by atoms with van der Waals surface area (Å²) in [5, 5.41) is 0. The first-order valence-corrected chi connectivity index (χ1v) is 5.59. The third-order valence-electron chi connectivity index (χ3n) is 2.54. The Bertz CT molecular complexity index is 617. The zero-order valence-corrected chi connectivity index (χ0v) is 10.2. The Morgan fingerprint density at radius 1 is 1.29 bits per heavy atom. The number of rotatable bonds is 2. The SMILES string of the molecule is Cc1cc(=O)c(C(N)=S)cn1-c1ccccc1. The summed E-state index contributed by atoms with van der Waals surface area (Å²) in [4.78, 5) is 11.8. The van der Waals surface area contributed by atoms with Crippen LogP contribution in [0.4, 0.5) is 0 Å². The van der Waals surface area contributed by atoms with E-state index >= 15 is 0 Å². The van der Waals surface area contributed by atoms with Gasteiger partial charge in [-0.3, -0.25) is 4.79 Å². The van der Waals surface area contributed by atoms with Crippen LogP contribution in [0.1, 0.15) is 11.3 Å². The zero-order chi connectivity index (χ0) is 12.4. The van der Waals surface area contributed by atoms with E-state index in [-0.39, 0.29) is 10.4 Å². The molecule has 3 nitrogen and oxygen atoms in total. The van der Waals surface area contributed by atoms with Crippen molar-refractivity contribution in [2.75, 3.05) is 0 Å². The van der Waals surface area contributed by atoms with Gasteiger partial charge in [-0.15, -0.1) is 0 Å². The van der Waals surface area contributed by atoms with Crippen molar-refractivity contribution in [2.24, 2.45) is 5.73 Å². The maximum absolute atomic E-state index is 11.7. The largest absolute Gasteiger partial charge is 0.389 e. The van der Waals surface area contributed by atoms with E-state index in [9.17, 15) is 4.79 Å². The molecule has 0 saturated carbocycles. The van der Waals surface area contributed by atoms with Gasteiger partial charge in [0.25, 0.3) is 0 Å². The number of benzene rings is 1. The van der Waals surface area contributed by atoms with Crippen molar-refractivity contribution in [3.63, 3.8) is 0 Å². The highest BCUT2D eigenvalue weighted by molar-refractivity contribution is 7.80. The lowest BCUT2D eigenvalue weighted by Crippen LogP contribution is -2.22. The molecule has 0 spiro atoms. The van der Waals surface area contributed by atoms with Gasteiger partial charge in [-0.25, -0.2) is 0 Å². The molecule has 1 heterocycles. The van der Waals surface area contributed by atoms with Crippen LogP contribution < -0.4 is 11.2 Å². The fourth-order valence-corrected chi connectivity index (χ4v) is 1.84. The van der Waals surface area contributed by atoms with E-state index < -0.39 is 0 Å². The van der Waals surface area contributed by atoms with Gasteiger partial charge < -0.3 is 10.3 Å². The van der Waals surface area contributed by atoms with E-state index in [1.165, 1.54) is 0 Å². The first-order chi connectivity index (χ1) is 8.09. The Balaban J connectivity index is 2.67. The van der Waals surface area contributed by atoms with Crippen molar-refractivity contribution in [3.8, 4) is 5.69 Å². The van der Waals surface area contributed by atoms with E-state index in [0.717, 1.165) is 11.4 Å². The number of hydrogen-bond donors (Lipinski definition) is 1. The van der Waals surface area contributed by atoms with Gasteiger partial charge in [0.05, 0.1) is 5.56 Å². The Labute approximate surface area is 105 Å². The predicted molar refractivity (Wildman–Crippen MR) is 72.7 cm³/mol. The Kier molecular flexibility index (Phi) is 3.06. The molecule has 0 unspecified atom stereocenters. The van der Waals surface area contributed by atoms with Gasteiger partial charge in [0.1, 0.15) is 4.99 Å². The lowest BCUT2D eigenvalue weighted by Gasteiger charge is -2.12. The smallest absolute Gasteiger partial charge is 0.192 e. The number of thiocarbonyl (C=S) groups is 1. The van der Waals surface area contributed by atoms with Gasteiger partial charge in [-0.1, -0.05) is 30.4 Å². The molecule has 4 heteroatoms. The minimum absolute atomic E-state index is 0.125. The summed E-state index contributed by atoms with van der Waals surface area (Å²) in [7, 11) is 0. The van der Waals surface area contributed by atoms with Crippen LogP contribution in [0.15, 0.2) is 47.4 Å². The Hall–Kier alpha value is -1.94. The highest BCUT2D eigenvalue weighted by Crippen LogP contribution is 2.10. The summed E-state index contributed by atoms with van der Waals surface area (Å²) in [6, 6.07) is 11.3. The van der Waals surface area contributed by atoms with Crippen LogP contribution in [0.5, 0.6) is 0 Å². The third kappa shape index (κ3) is 2.26. The maximum Gasteiger partial charge on any atom is 0.192 e. The summed E-state index contributed by atoms with van der Waals surface area (Å²) < 4.78 is 1.90. The van der Waals surface area contributed by atoms with E-state index in [1.54, 1.807) is 12.3 Å². The lowest BCUT2D eigenvalue weighted by atomic mass is 10.2.